The van der Waals surface area contributed by atoms with Gasteiger partial charge in [-0.2, -0.15) is 0 Å². The average Bonchev–Trinajstić information content (AvgIpc) is 3.11. The Morgan fingerprint density at radius 3 is 2.32 bits per heavy atom. The average molecular weight is 438 g/mol. The van der Waals surface area contributed by atoms with Crippen LogP contribution >= 0.6 is 15.9 Å². The van der Waals surface area contributed by atoms with Gasteiger partial charge in [0.2, 0.25) is 0 Å². The summed E-state index contributed by atoms with van der Waals surface area (Å²) in [6.07, 6.45) is 2.75. The van der Waals surface area contributed by atoms with E-state index in [0.29, 0.717) is 10.9 Å². The lowest BCUT2D eigenvalue weighted by atomic mass is 10.1. The lowest BCUT2D eigenvalue weighted by Crippen LogP contribution is -2.36. The molecule has 6 heteroatoms. The Labute approximate surface area is 170 Å². The molecule has 0 amide bonds. The van der Waals surface area contributed by atoms with E-state index in [1.807, 2.05) is 53.2 Å². The molecule has 2 aromatic heterocycles. The van der Waals surface area contributed by atoms with E-state index in [1.165, 1.54) is 16.2 Å². The van der Waals surface area contributed by atoms with Crippen molar-refractivity contribution in [1.29, 1.82) is 0 Å². The van der Waals surface area contributed by atoms with E-state index in [0.717, 1.165) is 33.4 Å². The minimum absolute atomic E-state index is 0.295. The summed E-state index contributed by atoms with van der Waals surface area (Å²) in [6.45, 7) is 2.11. The predicted octanol–water partition coefficient (Wildman–Crippen LogP) is 4.02. The van der Waals surface area contributed by atoms with Gasteiger partial charge in [-0.05, 0) is 24.1 Å². The van der Waals surface area contributed by atoms with Crippen molar-refractivity contribution < 1.29 is 0 Å². The van der Waals surface area contributed by atoms with Gasteiger partial charge in [0.1, 0.15) is 0 Å². The lowest BCUT2D eigenvalue weighted by Gasteiger charge is -2.14. The molecule has 0 unspecified atom stereocenters. The molecule has 0 fully saturated rings. The van der Waals surface area contributed by atoms with Crippen LogP contribution in [0, 0.1) is 0 Å². The van der Waals surface area contributed by atoms with Crippen LogP contribution in [0.1, 0.15) is 12.5 Å². The normalized spacial score (nSPS) is 11.3. The van der Waals surface area contributed by atoms with Crippen LogP contribution in [0.3, 0.4) is 0 Å². The van der Waals surface area contributed by atoms with Gasteiger partial charge in [0.05, 0.1) is 16.6 Å². The second-order valence-electron chi connectivity index (χ2n) is 6.78. The van der Waals surface area contributed by atoms with Crippen LogP contribution in [0.4, 0.5) is 0 Å². The van der Waals surface area contributed by atoms with E-state index < -0.39 is 0 Å². The van der Waals surface area contributed by atoms with Crippen molar-refractivity contribution in [1.82, 2.24) is 13.7 Å². The molecule has 4 rings (SSSR count). The minimum atomic E-state index is -0.336. The summed E-state index contributed by atoms with van der Waals surface area (Å²) in [6, 6.07) is 15.9. The fraction of sp³-hybridized carbons (Fsp3) is 0.182. The Hall–Kier alpha value is -2.86. The fourth-order valence-corrected chi connectivity index (χ4v) is 4.17. The first-order valence-electron chi connectivity index (χ1n) is 9.10. The molecule has 0 aliphatic rings. The van der Waals surface area contributed by atoms with Crippen LogP contribution in [-0.4, -0.2) is 13.7 Å². The van der Waals surface area contributed by atoms with E-state index in [1.54, 1.807) is 7.05 Å². The fourth-order valence-electron chi connectivity index (χ4n) is 3.69. The molecule has 0 N–H and O–H groups in total. The highest BCUT2D eigenvalue weighted by molar-refractivity contribution is 9.10. The number of benzene rings is 2. The Bertz CT molecular complexity index is 1330. The van der Waals surface area contributed by atoms with E-state index in [9.17, 15) is 9.59 Å². The van der Waals surface area contributed by atoms with E-state index in [4.69, 9.17) is 0 Å². The van der Waals surface area contributed by atoms with Crippen molar-refractivity contribution in [2.24, 2.45) is 14.1 Å². The third kappa shape index (κ3) is 2.67. The van der Waals surface area contributed by atoms with Gasteiger partial charge in [0.15, 0.2) is 0 Å². The summed E-state index contributed by atoms with van der Waals surface area (Å²) in [5, 5.41) is 0.530. The number of rotatable bonds is 3. The summed E-state index contributed by atoms with van der Waals surface area (Å²) < 4.78 is 5.62. The highest BCUT2D eigenvalue weighted by Gasteiger charge is 2.22. The van der Waals surface area contributed by atoms with E-state index in [2.05, 4.69) is 28.9 Å². The van der Waals surface area contributed by atoms with Gasteiger partial charge in [-0.1, -0.05) is 59.3 Å². The zero-order chi connectivity index (χ0) is 20.0. The number of hydrogen-bond acceptors (Lipinski definition) is 2. The molecule has 0 saturated heterocycles. The zero-order valence-corrected chi connectivity index (χ0v) is 17.5. The van der Waals surface area contributed by atoms with Crippen molar-refractivity contribution in [2.45, 2.75) is 13.3 Å². The van der Waals surface area contributed by atoms with Crippen LogP contribution in [0.25, 0.3) is 27.8 Å². The molecule has 5 nitrogen and oxygen atoms in total. The first-order valence-corrected chi connectivity index (χ1v) is 9.89. The molecule has 4 aromatic rings. The number of aromatic nitrogens is 3. The Morgan fingerprint density at radius 2 is 1.61 bits per heavy atom. The highest BCUT2D eigenvalue weighted by atomic mass is 79.9. The molecule has 2 heterocycles. The molecule has 0 radical (unpaired) electrons. The molecule has 0 spiro atoms. The molecule has 0 aliphatic carbocycles. The van der Waals surface area contributed by atoms with Gasteiger partial charge >= 0.3 is 5.69 Å². The van der Waals surface area contributed by atoms with Gasteiger partial charge in [0, 0.05) is 36.0 Å². The standard InChI is InChI=1S/C22H20BrN3O2/c1-4-14-9-5-8-12-17(14)26-13-18-19(21(27)25(3)22(28)24(18)2)20(26)15-10-6-7-11-16(15)23/h5-13H,4H2,1-3H3. The maximum Gasteiger partial charge on any atom is 0.330 e. The number of nitrogens with zero attached hydrogens (tertiary/aromatic N) is 3. The summed E-state index contributed by atoms with van der Waals surface area (Å²) in [4.78, 5) is 25.6. The molecule has 0 atom stereocenters. The Morgan fingerprint density at radius 1 is 0.929 bits per heavy atom. The van der Waals surface area contributed by atoms with Crippen molar-refractivity contribution in [3.05, 3.63) is 85.6 Å². The molecular weight excluding hydrogens is 418 g/mol. The highest BCUT2D eigenvalue weighted by Crippen LogP contribution is 2.35. The maximum absolute atomic E-state index is 13.1. The Balaban J connectivity index is 2.26. The second-order valence-corrected chi connectivity index (χ2v) is 7.63. The lowest BCUT2D eigenvalue weighted by molar-refractivity contribution is 0.714. The molecule has 0 aliphatic heterocycles. The van der Waals surface area contributed by atoms with Crippen LogP contribution in [0.5, 0.6) is 0 Å². The monoisotopic (exact) mass is 437 g/mol. The number of aryl methyl sites for hydroxylation is 2. The first-order chi connectivity index (χ1) is 13.5. The van der Waals surface area contributed by atoms with Crippen LogP contribution in [-0.2, 0) is 20.5 Å². The number of fused-ring (bicyclic) bond motifs is 1. The third-order valence-corrected chi connectivity index (χ3v) is 5.89. The van der Waals surface area contributed by atoms with E-state index >= 15 is 0 Å². The molecule has 142 valence electrons. The van der Waals surface area contributed by atoms with Crippen molar-refractivity contribution in [3.63, 3.8) is 0 Å². The summed E-state index contributed by atoms with van der Waals surface area (Å²) in [5.74, 6) is 0. The molecule has 0 bridgehead atoms. The second kappa shape index (κ2) is 6.95. The predicted molar refractivity (Wildman–Crippen MR) is 116 cm³/mol. The molecule has 28 heavy (non-hydrogen) atoms. The van der Waals surface area contributed by atoms with Gasteiger partial charge in [0.25, 0.3) is 5.56 Å². The third-order valence-electron chi connectivity index (χ3n) is 5.20. The largest absolute Gasteiger partial charge is 0.330 e. The zero-order valence-electron chi connectivity index (χ0n) is 15.9. The summed E-state index contributed by atoms with van der Waals surface area (Å²) >= 11 is 3.63. The minimum Gasteiger partial charge on any atom is -0.313 e. The van der Waals surface area contributed by atoms with Gasteiger partial charge < -0.3 is 4.57 Å². The van der Waals surface area contributed by atoms with Crippen molar-refractivity contribution in [2.75, 3.05) is 0 Å². The Kier molecular flexibility index (Phi) is 4.59. The van der Waals surface area contributed by atoms with Gasteiger partial charge in [-0.15, -0.1) is 0 Å². The smallest absolute Gasteiger partial charge is 0.313 e. The number of hydrogen-bond donors (Lipinski definition) is 0. The van der Waals surface area contributed by atoms with Crippen molar-refractivity contribution >= 4 is 26.8 Å². The summed E-state index contributed by atoms with van der Waals surface area (Å²) in [5.41, 5.74) is 3.83. The summed E-state index contributed by atoms with van der Waals surface area (Å²) in [7, 11) is 3.22. The quantitative estimate of drug-likeness (QED) is 0.485. The maximum atomic E-state index is 13.1. The topological polar surface area (TPSA) is 48.9 Å². The van der Waals surface area contributed by atoms with E-state index in [-0.39, 0.29) is 11.2 Å². The molecule has 2 aromatic carbocycles. The number of para-hydroxylation sites is 1. The van der Waals surface area contributed by atoms with Gasteiger partial charge in [-0.25, -0.2) is 4.79 Å². The first kappa shape index (κ1) is 18.5. The van der Waals surface area contributed by atoms with Crippen LogP contribution in [0.2, 0.25) is 0 Å². The molecular formula is C22H20BrN3O2. The van der Waals surface area contributed by atoms with Crippen molar-refractivity contribution in [3.8, 4) is 16.9 Å². The van der Waals surface area contributed by atoms with Gasteiger partial charge in [-0.3, -0.25) is 13.9 Å². The van der Waals surface area contributed by atoms with Crippen LogP contribution in [0.15, 0.2) is 68.8 Å². The molecule has 0 saturated carbocycles. The number of halogens is 1. The van der Waals surface area contributed by atoms with Crippen LogP contribution < -0.4 is 11.2 Å². The SMILES string of the molecule is CCc1ccccc1-n1cc2c(c1-c1ccccc1Br)c(=O)n(C)c(=O)n2C.